The fourth-order valence-electron chi connectivity index (χ4n) is 3.67. The van der Waals surface area contributed by atoms with E-state index in [4.69, 9.17) is 9.26 Å². The van der Waals surface area contributed by atoms with Gasteiger partial charge in [-0.3, -0.25) is 9.78 Å². The van der Waals surface area contributed by atoms with E-state index in [1.165, 1.54) is 6.07 Å². The van der Waals surface area contributed by atoms with Gasteiger partial charge in [-0.2, -0.15) is 4.98 Å². The van der Waals surface area contributed by atoms with Crippen LogP contribution in [0.2, 0.25) is 0 Å². The van der Waals surface area contributed by atoms with Crippen LogP contribution in [0.25, 0.3) is 33.8 Å². The number of hydrogen-bond acceptors (Lipinski definition) is 8. The summed E-state index contributed by atoms with van der Waals surface area (Å²) in [5.41, 5.74) is 3.02. The molecule has 188 valence electrons. The molecule has 11 heteroatoms. The van der Waals surface area contributed by atoms with E-state index in [-0.39, 0.29) is 17.9 Å². The van der Waals surface area contributed by atoms with Crippen molar-refractivity contribution in [3.63, 3.8) is 0 Å². The largest absolute Gasteiger partial charge is 0.497 e. The second kappa shape index (κ2) is 9.41. The minimum Gasteiger partial charge on any atom is -0.497 e. The third-order valence-corrected chi connectivity index (χ3v) is 5.70. The van der Waals surface area contributed by atoms with E-state index in [2.05, 4.69) is 35.4 Å². The van der Waals surface area contributed by atoms with Gasteiger partial charge in [-0.15, -0.1) is 0 Å². The van der Waals surface area contributed by atoms with E-state index in [1.807, 2.05) is 20.8 Å². The number of halogens is 1. The van der Waals surface area contributed by atoms with E-state index >= 15 is 4.39 Å². The van der Waals surface area contributed by atoms with Crippen molar-refractivity contribution in [1.82, 2.24) is 35.4 Å². The number of rotatable bonds is 6. The van der Waals surface area contributed by atoms with E-state index in [1.54, 1.807) is 49.8 Å². The molecule has 1 amide bonds. The summed E-state index contributed by atoms with van der Waals surface area (Å²) in [5, 5.41) is 6.46. The van der Waals surface area contributed by atoms with E-state index in [0.717, 1.165) is 5.56 Å². The normalized spacial score (nSPS) is 11.6. The van der Waals surface area contributed by atoms with Crippen molar-refractivity contribution in [2.75, 3.05) is 7.11 Å². The molecule has 0 aliphatic rings. The molecule has 0 saturated carbocycles. The van der Waals surface area contributed by atoms with Crippen LogP contribution in [0.3, 0.4) is 0 Å². The highest BCUT2D eigenvalue weighted by Crippen LogP contribution is 2.30. The number of carbonyl (C=O) groups excluding carboxylic acids is 1. The van der Waals surface area contributed by atoms with Crippen LogP contribution < -0.4 is 10.1 Å². The third-order valence-electron chi connectivity index (χ3n) is 5.70. The Morgan fingerprint density at radius 3 is 2.65 bits per heavy atom. The number of aromatic amines is 1. The van der Waals surface area contributed by atoms with Crippen molar-refractivity contribution in [3.05, 3.63) is 71.9 Å². The van der Waals surface area contributed by atoms with Crippen molar-refractivity contribution in [3.8, 4) is 28.4 Å². The Morgan fingerprint density at radius 1 is 1.11 bits per heavy atom. The minimum atomic E-state index is -0.571. The molecular weight excluding hydrogens is 477 g/mol. The van der Waals surface area contributed by atoms with Crippen molar-refractivity contribution >= 4 is 17.1 Å². The van der Waals surface area contributed by atoms with Crippen LogP contribution in [0, 0.1) is 5.82 Å². The zero-order valence-electron chi connectivity index (χ0n) is 20.7. The maximum atomic E-state index is 15.0. The molecule has 2 N–H and O–H groups in total. The standard InChI is InChI=1S/C26H24FN7O3/c1-26(2,3)25-33-24(37-34-25)23(35)30-13-15-6-5-14(11-18(15)27)17-8-10-29-22-20(17)31-21(32-22)19-12-16(36-4)7-9-28-19/h5-12H,13H2,1-4H3,(H,30,35)(H,29,31,32). The van der Waals surface area contributed by atoms with Gasteiger partial charge in [0.15, 0.2) is 17.3 Å². The summed E-state index contributed by atoms with van der Waals surface area (Å²) in [5.74, 6) is 0.375. The van der Waals surface area contributed by atoms with Gasteiger partial charge in [-0.05, 0) is 23.8 Å². The van der Waals surface area contributed by atoms with Gasteiger partial charge in [0, 0.05) is 41.5 Å². The summed E-state index contributed by atoms with van der Waals surface area (Å²) in [6.07, 6.45) is 3.24. The molecule has 0 spiro atoms. The average molecular weight is 502 g/mol. The number of carbonyl (C=O) groups is 1. The Morgan fingerprint density at radius 2 is 1.92 bits per heavy atom. The van der Waals surface area contributed by atoms with Crippen LogP contribution >= 0.6 is 0 Å². The molecule has 37 heavy (non-hydrogen) atoms. The van der Waals surface area contributed by atoms with Crippen molar-refractivity contribution in [1.29, 1.82) is 0 Å². The Balaban J connectivity index is 1.37. The maximum absolute atomic E-state index is 15.0. The van der Waals surface area contributed by atoms with E-state index in [0.29, 0.717) is 45.4 Å². The smallest absolute Gasteiger partial charge is 0.315 e. The number of H-pyrrole nitrogens is 1. The lowest BCUT2D eigenvalue weighted by Crippen LogP contribution is -2.24. The minimum absolute atomic E-state index is 0.0420. The summed E-state index contributed by atoms with van der Waals surface area (Å²) in [4.78, 5) is 33.0. The lowest BCUT2D eigenvalue weighted by Gasteiger charge is -2.10. The van der Waals surface area contributed by atoms with Gasteiger partial charge >= 0.3 is 11.8 Å². The van der Waals surface area contributed by atoms with Crippen molar-refractivity contribution in [2.45, 2.75) is 32.7 Å². The molecule has 5 aromatic rings. The molecule has 0 unspecified atom stereocenters. The zero-order chi connectivity index (χ0) is 26.2. The molecule has 0 saturated heterocycles. The summed E-state index contributed by atoms with van der Waals surface area (Å²) >= 11 is 0. The number of methoxy groups -OCH3 is 1. The van der Waals surface area contributed by atoms with Crippen LogP contribution in [0.15, 0.2) is 53.3 Å². The van der Waals surface area contributed by atoms with Crippen LogP contribution in [-0.2, 0) is 12.0 Å². The quantitative estimate of drug-likeness (QED) is 0.349. The summed E-state index contributed by atoms with van der Waals surface area (Å²) in [6.45, 7) is 5.69. The van der Waals surface area contributed by atoms with Gasteiger partial charge in [0.2, 0.25) is 0 Å². The number of imidazole rings is 1. The number of nitrogens with zero attached hydrogens (tertiary/aromatic N) is 5. The SMILES string of the molecule is COc1ccnc(-c2nc3nccc(-c4ccc(CNC(=O)c5nc(C(C)(C)C)no5)c(F)c4)c3[nH]2)c1. The fourth-order valence-corrected chi connectivity index (χ4v) is 3.67. The predicted molar refractivity (Wildman–Crippen MR) is 133 cm³/mol. The monoisotopic (exact) mass is 501 g/mol. The third kappa shape index (κ3) is 4.88. The number of nitrogens with one attached hydrogen (secondary N) is 2. The number of benzene rings is 1. The van der Waals surface area contributed by atoms with Gasteiger partial charge in [0.25, 0.3) is 0 Å². The molecule has 0 atom stereocenters. The fraction of sp³-hybridized carbons (Fsp3) is 0.231. The average Bonchev–Trinajstić information content (AvgIpc) is 3.56. The predicted octanol–water partition coefficient (Wildman–Crippen LogP) is 4.45. The first kappa shape index (κ1) is 24.0. The summed E-state index contributed by atoms with van der Waals surface area (Å²) in [6, 6.07) is 10.1. The first-order chi connectivity index (χ1) is 17.7. The molecule has 0 aliphatic carbocycles. The maximum Gasteiger partial charge on any atom is 0.315 e. The molecule has 5 rings (SSSR count). The second-order valence-electron chi connectivity index (χ2n) is 9.39. The number of ether oxygens (including phenoxy) is 1. The Kier molecular flexibility index (Phi) is 6.12. The van der Waals surface area contributed by atoms with Gasteiger partial charge in [0.05, 0.1) is 12.6 Å². The molecule has 4 heterocycles. The van der Waals surface area contributed by atoms with Crippen molar-refractivity contribution in [2.24, 2.45) is 0 Å². The molecule has 0 bridgehead atoms. The number of pyridine rings is 2. The summed E-state index contributed by atoms with van der Waals surface area (Å²) in [7, 11) is 1.58. The highest BCUT2D eigenvalue weighted by atomic mass is 19.1. The Bertz CT molecular complexity index is 1600. The van der Waals surface area contributed by atoms with Gasteiger partial charge in [0.1, 0.15) is 17.3 Å². The van der Waals surface area contributed by atoms with Gasteiger partial charge in [-0.25, -0.2) is 14.4 Å². The van der Waals surface area contributed by atoms with Gasteiger partial charge < -0.3 is 19.6 Å². The Labute approximate surface area is 211 Å². The lowest BCUT2D eigenvalue weighted by atomic mass is 9.96. The highest BCUT2D eigenvalue weighted by molar-refractivity contribution is 5.91. The first-order valence-corrected chi connectivity index (χ1v) is 11.5. The number of fused-ring (bicyclic) bond motifs is 1. The summed E-state index contributed by atoms with van der Waals surface area (Å²) < 4.78 is 25.3. The van der Waals surface area contributed by atoms with Crippen molar-refractivity contribution < 1.29 is 18.4 Å². The molecular formula is C26H24FN7O3. The molecule has 10 nitrogen and oxygen atoms in total. The first-order valence-electron chi connectivity index (χ1n) is 11.5. The number of aromatic nitrogens is 6. The second-order valence-corrected chi connectivity index (χ2v) is 9.39. The van der Waals surface area contributed by atoms with Crippen LogP contribution in [-0.4, -0.2) is 43.1 Å². The van der Waals surface area contributed by atoms with E-state index in [9.17, 15) is 4.79 Å². The van der Waals surface area contributed by atoms with Crippen LogP contribution in [0.4, 0.5) is 4.39 Å². The number of amides is 1. The number of hydrogen-bond donors (Lipinski definition) is 2. The topological polar surface area (TPSA) is 132 Å². The van der Waals surface area contributed by atoms with Gasteiger partial charge in [-0.1, -0.05) is 38.1 Å². The highest BCUT2D eigenvalue weighted by Gasteiger charge is 2.24. The molecule has 0 fully saturated rings. The Hall–Kier alpha value is -4.67. The zero-order valence-corrected chi connectivity index (χ0v) is 20.7. The molecule has 4 aromatic heterocycles. The molecule has 0 aliphatic heterocycles. The van der Waals surface area contributed by atoms with E-state index < -0.39 is 11.7 Å². The lowest BCUT2D eigenvalue weighted by molar-refractivity contribution is 0.0906. The van der Waals surface area contributed by atoms with Crippen LogP contribution in [0.1, 0.15) is 42.8 Å². The molecule has 1 aromatic carbocycles. The van der Waals surface area contributed by atoms with Crippen LogP contribution in [0.5, 0.6) is 5.75 Å². The molecule has 0 radical (unpaired) electrons.